The molecule has 0 bridgehead atoms. The van der Waals surface area contributed by atoms with E-state index < -0.39 is 70.8 Å². The van der Waals surface area contributed by atoms with Gasteiger partial charge < -0.3 is 4.84 Å². The van der Waals surface area contributed by atoms with Gasteiger partial charge in [-0.3, -0.25) is 14.5 Å². The molecule has 3 aromatic rings. The zero-order valence-corrected chi connectivity index (χ0v) is 21.2. The summed E-state index contributed by atoms with van der Waals surface area (Å²) in [6, 6.07) is 10.5. The monoisotopic (exact) mass is 600 g/mol. The standard InChI is InChI=1S/C28H17F9N2O3/c1-14(39-23(40)20-4-2-3-5-21(20)24(39)41)15-6-8-16(9-7-15)22-13-25(42-38-22,28(35,36)37)17-10-18(26(29,30)31)12-19(11-17)27(32,33)34/h2-12,14H,13H2,1H3. The largest absolute Gasteiger partial charge is 0.435 e. The molecule has 2 unspecified atom stereocenters. The molecule has 0 saturated carbocycles. The third-order valence-electron chi connectivity index (χ3n) is 7.18. The molecule has 3 aromatic carbocycles. The third-order valence-corrected chi connectivity index (χ3v) is 7.18. The van der Waals surface area contributed by atoms with Gasteiger partial charge in [-0.1, -0.05) is 41.6 Å². The number of alkyl halides is 9. The van der Waals surface area contributed by atoms with Crippen LogP contribution in [-0.2, 0) is 22.8 Å². The number of benzene rings is 3. The van der Waals surface area contributed by atoms with Crippen LogP contribution in [0.5, 0.6) is 0 Å². The molecule has 2 atom stereocenters. The van der Waals surface area contributed by atoms with Crippen LogP contribution in [0.15, 0.2) is 71.9 Å². The van der Waals surface area contributed by atoms with Crippen LogP contribution in [0.3, 0.4) is 0 Å². The van der Waals surface area contributed by atoms with E-state index in [2.05, 4.69) is 9.99 Å². The van der Waals surface area contributed by atoms with Crippen molar-refractivity contribution in [1.82, 2.24) is 4.90 Å². The fourth-order valence-electron chi connectivity index (χ4n) is 4.91. The zero-order chi connectivity index (χ0) is 30.8. The number of imide groups is 1. The van der Waals surface area contributed by atoms with Gasteiger partial charge in [0, 0.05) is 12.0 Å². The minimum Gasteiger partial charge on any atom is -0.374 e. The number of carbonyl (C=O) groups is 2. The molecule has 0 spiro atoms. The van der Waals surface area contributed by atoms with Crippen molar-refractivity contribution in [1.29, 1.82) is 0 Å². The average Bonchev–Trinajstić information content (AvgIpc) is 3.48. The van der Waals surface area contributed by atoms with Crippen LogP contribution in [0.25, 0.3) is 0 Å². The van der Waals surface area contributed by atoms with Gasteiger partial charge in [0.25, 0.3) is 17.4 Å². The van der Waals surface area contributed by atoms with E-state index in [0.29, 0.717) is 5.56 Å². The number of halogens is 9. The molecule has 220 valence electrons. The highest BCUT2D eigenvalue weighted by Crippen LogP contribution is 2.51. The van der Waals surface area contributed by atoms with Crippen molar-refractivity contribution >= 4 is 17.5 Å². The second kappa shape index (κ2) is 9.60. The van der Waals surface area contributed by atoms with E-state index in [0.717, 1.165) is 4.90 Å². The molecule has 2 aliphatic rings. The zero-order valence-electron chi connectivity index (χ0n) is 21.2. The van der Waals surface area contributed by atoms with Crippen LogP contribution in [0.1, 0.15) is 67.9 Å². The number of carbonyl (C=O) groups excluding carboxylic acids is 2. The number of oxime groups is 1. The number of amides is 2. The lowest BCUT2D eigenvalue weighted by Gasteiger charge is -2.30. The van der Waals surface area contributed by atoms with Crippen molar-refractivity contribution in [2.75, 3.05) is 0 Å². The SMILES string of the molecule is CC(c1ccc(C2=NOC(c3cc(C(F)(F)F)cc(C(F)(F)F)c3)(C(F)(F)F)C2)cc1)N1C(=O)c2ccccc2C1=O. The maximum Gasteiger partial charge on any atom is 0.435 e. The summed E-state index contributed by atoms with van der Waals surface area (Å²) in [6.45, 7) is 1.56. The predicted octanol–water partition coefficient (Wildman–Crippen LogP) is 7.66. The van der Waals surface area contributed by atoms with Gasteiger partial charge in [0.1, 0.15) is 0 Å². The fraction of sp³-hybridized carbons (Fsp3) is 0.250. The first-order valence-electron chi connectivity index (χ1n) is 12.1. The van der Waals surface area contributed by atoms with E-state index in [1.54, 1.807) is 19.1 Å². The molecular weight excluding hydrogens is 583 g/mol. The van der Waals surface area contributed by atoms with Gasteiger partial charge in [-0.15, -0.1) is 0 Å². The molecule has 0 aromatic heterocycles. The first-order valence-corrected chi connectivity index (χ1v) is 12.1. The van der Waals surface area contributed by atoms with Crippen LogP contribution in [0.2, 0.25) is 0 Å². The summed E-state index contributed by atoms with van der Waals surface area (Å²) in [6.07, 6.45) is -17.4. The van der Waals surface area contributed by atoms with Crippen LogP contribution in [0.4, 0.5) is 39.5 Å². The van der Waals surface area contributed by atoms with Gasteiger partial charge in [0.05, 0.1) is 34.0 Å². The van der Waals surface area contributed by atoms with E-state index in [1.807, 2.05) is 0 Å². The van der Waals surface area contributed by atoms with Crippen molar-refractivity contribution in [3.8, 4) is 0 Å². The van der Waals surface area contributed by atoms with Gasteiger partial charge in [0.15, 0.2) is 0 Å². The van der Waals surface area contributed by atoms with Crippen molar-refractivity contribution in [3.63, 3.8) is 0 Å². The molecule has 5 rings (SSSR count). The Morgan fingerprint density at radius 2 is 1.29 bits per heavy atom. The highest BCUT2D eigenvalue weighted by Gasteiger charge is 2.63. The third kappa shape index (κ3) is 4.77. The lowest BCUT2D eigenvalue weighted by Crippen LogP contribution is -2.43. The fourth-order valence-corrected chi connectivity index (χ4v) is 4.91. The molecule has 2 aliphatic heterocycles. The smallest absolute Gasteiger partial charge is 0.374 e. The Balaban J connectivity index is 1.45. The Bertz CT molecular complexity index is 1540. The van der Waals surface area contributed by atoms with E-state index in [9.17, 15) is 49.1 Å². The normalized spacial score (nSPS) is 20.0. The second-order valence-corrected chi connectivity index (χ2v) is 9.75. The van der Waals surface area contributed by atoms with Gasteiger partial charge in [0.2, 0.25) is 0 Å². The Hall–Kier alpha value is -4.36. The molecular formula is C28H17F9N2O3. The lowest BCUT2D eigenvalue weighted by molar-refractivity contribution is -0.276. The molecule has 0 radical (unpaired) electrons. The number of fused-ring (bicyclic) bond motifs is 1. The number of hydrogen-bond acceptors (Lipinski definition) is 4. The second-order valence-electron chi connectivity index (χ2n) is 9.75. The lowest BCUT2D eigenvalue weighted by atomic mass is 9.84. The minimum absolute atomic E-state index is 0.0301. The number of nitrogens with zero attached hydrogens (tertiary/aromatic N) is 2. The Kier molecular flexibility index (Phi) is 6.66. The predicted molar refractivity (Wildman–Crippen MR) is 128 cm³/mol. The summed E-state index contributed by atoms with van der Waals surface area (Å²) in [4.78, 5) is 31.3. The van der Waals surface area contributed by atoms with Gasteiger partial charge in [-0.05, 0) is 48.4 Å². The Morgan fingerprint density at radius 3 is 1.74 bits per heavy atom. The summed E-state index contributed by atoms with van der Waals surface area (Å²) in [7, 11) is 0. The molecule has 0 N–H and O–H groups in total. The van der Waals surface area contributed by atoms with Crippen molar-refractivity contribution in [3.05, 3.63) is 106 Å². The molecule has 0 saturated heterocycles. The highest BCUT2D eigenvalue weighted by atomic mass is 19.4. The first kappa shape index (κ1) is 29.1. The molecule has 0 fully saturated rings. The Morgan fingerprint density at radius 1 is 0.786 bits per heavy atom. The molecule has 2 amide bonds. The summed E-state index contributed by atoms with van der Waals surface area (Å²) >= 11 is 0. The van der Waals surface area contributed by atoms with Gasteiger partial charge in [-0.2, -0.15) is 39.5 Å². The molecule has 2 heterocycles. The minimum atomic E-state index is -5.47. The summed E-state index contributed by atoms with van der Waals surface area (Å²) < 4.78 is 123. The number of rotatable bonds is 4. The van der Waals surface area contributed by atoms with Crippen LogP contribution < -0.4 is 0 Å². The molecule has 5 nitrogen and oxygen atoms in total. The molecule has 14 heteroatoms. The number of hydrogen-bond donors (Lipinski definition) is 0. The molecule has 42 heavy (non-hydrogen) atoms. The first-order chi connectivity index (χ1) is 19.4. The topological polar surface area (TPSA) is 59.0 Å². The van der Waals surface area contributed by atoms with E-state index in [-0.39, 0.29) is 34.9 Å². The van der Waals surface area contributed by atoms with Crippen molar-refractivity contribution < 1.29 is 53.9 Å². The quantitative estimate of drug-likeness (QED) is 0.228. The van der Waals surface area contributed by atoms with E-state index in [1.165, 1.54) is 36.4 Å². The molecule has 0 aliphatic carbocycles. The summed E-state index contributed by atoms with van der Waals surface area (Å²) in [5.41, 5.74) is -8.41. The summed E-state index contributed by atoms with van der Waals surface area (Å²) in [5.74, 6) is -1.06. The van der Waals surface area contributed by atoms with E-state index in [4.69, 9.17) is 0 Å². The van der Waals surface area contributed by atoms with Gasteiger partial charge >= 0.3 is 18.5 Å². The summed E-state index contributed by atoms with van der Waals surface area (Å²) in [5, 5.41) is 3.40. The van der Waals surface area contributed by atoms with Crippen molar-refractivity contribution in [2.45, 2.75) is 43.5 Å². The maximum absolute atomic E-state index is 14.3. The van der Waals surface area contributed by atoms with E-state index >= 15 is 0 Å². The average molecular weight is 600 g/mol. The Labute approximate surface area is 231 Å². The van der Waals surface area contributed by atoms with Gasteiger partial charge in [-0.25, -0.2) is 0 Å². The van der Waals surface area contributed by atoms with Crippen molar-refractivity contribution in [2.24, 2.45) is 5.16 Å². The van der Waals surface area contributed by atoms with Crippen LogP contribution in [0, 0.1) is 0 Å². The van der Waals surface area contributed by atoms with Crippen LogP contribution >= 0.6 is 0 Å². The maximum atomic E-state index is 14.3. The van der Waals surface area contributed by atoms with Crippen LogP contribution in [-0.4, -0.2) is 28.6 Å². The highest BCUT2D eigenvalue weighted by molar-refractivity contribution is 6.21.